The number of carbonyl (C=O) groups excluding carboxylic acids is 1. The average Bonchev–Trinajstić information content (AvgIpc) is 3.46. The zero-order chi connectivity index (χ0) is 23.7. The van der Waals surface area contributed by atoms with E-state index in [0.717, 1.165) is 25.3 Å². The van der Waals surface area contributed by atoms with E-state index in [-0.39, 0.29) is 12.6 Å². The maximum atomic E-state index is 12.6. The van der Waals surface area contributed by atoms with Gasteiger partial charge in [0.15, 0.2) is 12.4 Å². The highest BCUT2D eigenvalue weighted by Gasteiger charge is 2.12. The molecule has 0 spiro atoms. The van der Waals surface area contributed by atoms with E-state index in [2.05, 4.69) is 45.4 Å². The number of halogens is 2. The van der Waals surface area contributed by atoms with E-state index in [1.165, 1.54) is 5.56 Å². The normalized spacial score (nSPS) is 11.0. The number of fused-ring (bicyclic) bond motifs is 1. The Bertz CT molecular complexity index is 1500. The standard InChI is InChI=1S/C25H18BrClN4O2S/c1-15-2-8-20-23(12-15)34-25(29-20)16-3-6-18(7-4-16)28-24(32)21-10-11-31(30-21)14-33-22-9-5-17(27)13-19(22)26/h2-13H,14H2,1H3,(H,28,32). The third-order valence-corrected chi connectivity index (χ3v) is 6.98. The lowest BCUT2D eigenvalue weighted by molar-refractivity contribution is 0.102. The molecule has 0 atom stereocenters. The van der Waals surface area contributed by atoms with Crippen LogP contribution in [0.3, 0.4) is 0 Å². The first kappa shape index (κ1) is 22.6. The van der Waals surface area contributed by atoms with Crippen LogP contribution in [0.5, 0.6) is 5.75 Å². The number of aryl methyl sites for hydroxylation is 1. The Morgan fingerprint density at radius 3 is 2.74 bits per heavy atom. The SMILES string of the molecule is Cc1ccc2nc(-c3ccc(NC(=O)c4ccn(COc5ccc(Cl)cc5Br)n4)cc3)sc2c1. The van der Waals surface area contributed by atoms with Crippen molar-refractivity contribution in [2.75, 3.05) is 5.32 Å². The first-order valence-electron chi connectivity index (χ1n) is 10.3. The van der Waals surface area contributed by atoms with Gasteiger partial charge >= 0.3 is 0 Å². The van der Waals surface area contributed by atoms with Gasteiger partial charge in [0.2, 0.25) is 0 Å². The van der Waals surface area contributed by atoms with Crippen molar-refractivity contribution in [1.29, 1.82) is 0 Å². The summed E-state index contributed by atoms with van der Waals surface area (Å²) in [5, 5.41) is 8.73. The molecule has 5 aromatic rings. The summed E-state index contributed by atoms with van der Waals surface area (Å²) in [4.78, 5) is 17.3. The minimum Gasteiger partial charge on any atom is -0.470 e. The fraction of sp³-hybridized carbons (Fsp3) is 0.0800. The maximum absolute atomic E-state index is 12.6. The summed E-state index contributed by atoms with van der Waals surface area (Å²) in [5.41, 5.74) is 4.19. The molecule has 170 valence electrons. The number of ether oxygens (including phenoxy) is 1. The van der Waals surface area contributed by atoms with Crippen molar-refractivity contribution in [3.05, 3.63) is 93.7 Å². The Morgan fingerprint density at radius 1 is 1.12 bits per heavy atom. The summed E-state index contributed by atoms with van der Waals surface area (Å²) in [5.74, 6) is 0.337. The van der Waals surface area contributed by atoms with Crippen LogP contribution in [0.4, 0.5) is 5.69 Å². The van der Waals surface area contributed by atoms with E-state index < -0.39 is 0 Å². The molecular weight excluding hydrogens is 536 g/mol. The molecule has 2 aromatic heterocycles. The van der Waals surface area contributed by atoms with Crippen molar-refractivity contribution < 1.29 is 9.53 Å². The van der Waals surface area contributed by atoms with Gasteiger partial charge in [-0.3, -0.25) is 4.79 Å². The first-order valence-corrected chi connectivity index (χ1v) is 12.3. The lowest BCUT2D eigenvalue weighted by atomic mass is 10.2. The number of rotatable bonds is 6. The maximum Gasteiger partial charge on any atom is 0.276 e. The van der Waals surface area contributed by atoms with Crippen LogP contribution in [0.15, 0.2) is 77.4 Å². The van der Waals surface area contributed by atoms with E-state index in [9.17, 15) is 4.79 Å². The van der Waals surface area contributed by atoms with E-state index >= 15 is 0 Å². The molecule has 0 saturated carbocycles. The highest BCUT2D eigenvalue weighted by Crippen LogP contribution is 2.31. The Kier molecular flexibility index (Phi) is 6.36. The summed E-state index contributed by atoms with van der Waals surface area (Å²) in [6.45, 7) is 2.23. The zero-order valence-corrected chi connectivity index (χ0v) is 21.1. The second kappa shape index (κ2) is 9.58. The van der Waals surface area contributed by atoms with Gasteiger partial charge in [-0.05, 0) is 89.1 Å². The summed E-state index contributed by atoms with van der Waals surface area (Å²) in [6.07, 6.45) is 1.69. The molecule has 0 aliphatic carbocycles. The monoisotopic (exact) mass is 552 g/mol. The van der Waals surface area contributed by atoms with Crippen LogP contribution in [0.25, 0.3) is 20.8 Å². The molecule has 0 aliphatic heterocycles. The van der Waals surface area contributed by atoms with Crippen molar-refractivity contribution in [3.63, 3.8) is 0 Å². The van der Waals surface area contributed by atoms with Crippen molar-refractivity contribution in [2.45, 2.75) is 13.7 Å². The molecule has 0 aliphatic rings. The smallest absolute Gasteiger partial charge is 0.276 e. The van der Waals surface area contributed by atoms with Gasteiger partial charge in [0, 0.05) is 22.5 Å². The Balaban J connectivity index is 1.22. The second-order valence-corrected chi connectivity index (χ2v) is 9.93. The molecule has 6 nitrogen and oxygen atoms in total. The Labute approximate surface area is 213 Å². The lowest BCUT2D eigenvalue weighted by Gasteiger charge is -2.08. The predicted octanol–water partition coefficient (Wildman–Crippen LogP) is 7.17. The van der Waals surface area contributed by atoms with Gasteiger partial charge in [-0.25, -0.2) is 9.67 Å². The van der Waals surface area contributed by atoms with Crippen LogP contribution in [-0.2, 0) is 6.73 Å². The molecule has 9 heteroatoms. The summed E-state index contributed by atoms with van der Waals surface area (Å²) < 4.78 is 9.19. The average molecular weight is 554 g/mol. The number of carbonyl (C=O) groups is 1. The molecule has 2 heterocycles. The van der Waals surface area contributed by atoms with E-state index in [1.54, 1.807) is 46.5 Å². The number of benzene rings is 3. The van der Waals surface area contributed by atoms with Gasteiger partial charge in [-0.1, -0.05) is 17.7 Å². The quantitative estimate of drug-likeness (QED) is 0.242. The van der Waals surface area contributed by atoms with Gasteiger partial charge in [-0.2, -0.15) is 5.10 Å². The van der Waals surface area contributed by atoms with Gasteiger partial charge in [-0.15, -0.1) is 11.3 Å². The topological polar surface area (TPSA) is 69.0 Å². The van der Waals surface area contributed by atoms with Crippen molar-refractivity contribution >= 4 is 60.7 Å². The van der Waals surface area contributed by atoms with Gasteiger partial charge in [0.05, 0.1) is 14.7 Å². The van der Waals surface area contributed by atoms with Crippen LogP contribution in [0.2, 0.25) is 5.02 Å². The van der Waals surface area contributed by atoms with Crippen LogP contribution in [0, 0.1) is 6.92 Å². The van der Waals surface area contributed by atoms with Crippen LogP contribution in [0.1, 0.15) is 16.1 Å². The minimum absolute atomic E-state index is 0.157. The van der Waals surface area contributed by atoms with Crippen LogP contribution < -0.4 is 10.1 Å². The molecular formula is C25H18BrClN4O2S. The molecule has 3 aromatic carbocycles. The molecule has 5 rings (SSSR count). The van der Waals surface area contributed by atoms with Crippen molar-refractivity contribution in [1.82, 2.24) is 14.8 Å². The number of hydrogen-bond donors (Lipinski definition) is 1. The summed E-state index contributed by atoms with van der Waals surface area (Å²) in [7, 11) is 0. The fourth-order valence-electron chi connectivity index (χ4n) is 3.33. The summed E-state index contributed by atoms with van der Waals surface area (Å²) in [6, 6.07) is 20.8. The van der Waals surface area contributed by atoms with Crippen molar-refractivity contribution in [2.24, 2.45) is 0 Å². The molecule has 0 saturated heterocycles. The van der Waals surface area contributed by atoms with E-state index in [4.69, 9.17) is 21.3 Å². The molecule has 0 bridgehead atoms. The molecule has 1 N–H and O–H groups in total. The predicted molar refractivity (Wildman–Crippen MR) is 140 cm³/mol. The minimum atomic E-state index is -0.297. The fourth-order valence-corrected chi connectivity index (χ4v) is 5.20. The van der Waals surface area contributed by atoms with Crippen LogP contribution in [-0.4, -0.2) is 20.7 Å². The number of anilines is 1. The summed E-state index contributed by atoms with van der Waals surface area (Å²) >= 11 is 11.0. The van der Waals surface area contributed by atoms with Gasteiger partial charge in [0.1, 0.15) is 10.8 Å². The van der Waals surface area contributed by atoms with E-state index in [0.29, 0.717) is 22.2 Å². The van der Waals surface area contributed by atoms with Crippen LogP contribution >= 0.6 is 38.9 Å². The third-order valence-electron chi connectivity index (χ3n) is 5.05. The molecule has 0 radical (unpaired) electrons. The largest absolute Gasteiger partial charge is 0.470 e. The van der Waals surface area contributed by atoms with Crippen molar-refractivity contribution in [3.8, 4) is 16.3 Å². The van der Waals surface area contributed by atoms with E-state index in [1.807, 2.05) is 30.3 Å². The lowest BCUT2D eigenvalue weighted by Crippen LogP contribution is -2.14. The third kappa shape index (κ3) is 4.99. The Hall–Kier alpha value is -3.20. The Morgan fingerprint density at radius 2 is 1.94 bits per heavy atom. The number of amides is 1. The zero-order valence-electron chi connectivity index (χ0n) is 18.0. The van der Waals surface area contributed by atoms with Gasteiger partial charge < -0.3 is 10.1 Å². The first-order chi connectivity index (χ1) is 16.4. The number of nitrogens with zero attached hydrogens (tertiary/aromatic N) is 3. The highest BCUT2D eigenvalue weighted by atomic mass is 79.9. The number of aromatic nitrogens is 3. The number of hydrogen-bond acceptors (Lipinski definition) is 5. The number of thiazole rings is 1. The molecule has 0 unspecified atom stereocenters. The molecule has 1 amide bonds. The molecule has 34 heavy (non-hydrogen) atoms. The highest BCUT2D eigenvalue weighted by molar-refractivity contribution is 9.10. The molecule has 0 fully saturated rings. The number of nitrogens with one attached hydrogen (secondary N) is 1. The van der Waals surface area contributed by atoms with Gasteiger partial charge in [0.25, 0.3) is 5.91 Å². The second-order valence-electron chi connectivity index (χ2n) is 7.61.